The molecular formula is C12H18O7. The summed E-state index contributed by atoms with van der Waals surface area (Å²) < 4.78 is 18.9. The first kappa shape index (κ1) is 15.3. The average Bonchev–Trinajstić information content (AvgIpc) is 2.76. The van der Waals surface area contributed by atoms with Crippen molar-refractivity contribution in [2.45, 2.75) is 39.4 Å². The predicted molar refractivity (Wildman–Crippen MR) is 62.2 cm³/mol. The molecule has 2 atom stereocenters. The summed E-state index contributed by atoms with van der Waals surface area (Å²) in [6.07, 6.45) is -2.55. The van der Waals surface area contributed by atoms with E-state index < -0.39 is 35.7 Å². The van der Waals surface area contributed by atoms with Crippen LogP contribution in [0.4, 0.5) is 4.79 Å². The average molecular weight is 274 g/mol. The minimum Gasteiger partial charge on any atom is -0.466 e. The Morgan fingerprint density at radius 1 is 1.32 bits per heavy atom. The molecule has 0 aromatic rings. The number of rotatable bonds is 5. The Kier molecular flexibility index (Phi) is 4.74. The number of carbonyl (C=O) groups excluding carboxylic acids is 3. The van der Waals surface area contributed by atoms with Gasteiger partial charge < -0.3 is 18.9 Å². The van der Waals surface area contributed by atoms with Crippen LogP contribution in [0.3, 0.4) is 0 Å². The third kappa shape index (κ3) is 3.59. The maximum Gasteiger partial charge on any atom is 0.509 e. The molecule has 19 heavy (non-hydrogen) atoms. The molecule has 0 aromatic carbocycles. The minimum atomic E-state index is -1.20. The molecule has 0 radical (unpaired) electrons. The Hall–Kier alpha value is -1.79. The SMILES string of the molecule is CCC(C)(C)C(=O)OCC1OC(=O)OC1C(=O)OC. The number of hydrogen-bond donors (Lipinski definition) is 0. The molecule has 0 saturated carbocycles. The maximum atomic E-state index is 11.8. The third-order valence-corrected chi connectivity index (χ3v) is 3.06. The first-order valence-electron chi connectivity index (χ1n) is 5.94. The predicted octanol–water partition coefficient (Wildman–Crippen LogP) is 1.04. The van der Waals surface area contributed by atoms with Crippen molar-refractivity contribution in [1.29, 1.82) is 0 Å². The Balaban J connectivity index is 2.58. The van der Waals surface area contributed by atoms with Crippen LogP contribution in [0.2, 0.25) is 0 Å². The number of methoxy groups -OCH3 is 1. The molecular weight excluding hydrogens is 256 g/mol. The largest absolute Gasteiger partial charge is 0.509 e. The summed E-state index contributed by atoms with van der Waals surface area (Å²) >= 11 is 0. The van der Waals surface area contributed by atoms with Crippen molar-refractivity contribution < 1.29 is 33.3 Å². The Bertz CT molecular complexity index is 374. The molecule has 7 heteroatoms. The molecule has 7 nitrogen and oxygen atoms in total. The van der Waals surface area contributed by atoms with Gasteiger partial charge in [-0.2, -0.15) is 0 Å². The molecule has 1 aliphatic rings. The van der Waals surface area contributed by atoms with E-state index in [1.165, 1.54) is 0 Å². The smallest absolute Gasteiger partial charge is 0.466 e. The van der Waals surface area contributed by atoms with Crippen molar-refractivity contribution in [2.24, 2.45) is 5.41 Å². The molecule has 108 valence electrons. The second-order valence-electron chi connectivity index (χ2n) is 4.80. The molecule has 0 aliphatic carbocycles. The van der Waals surface area contributed by atoms with E-state index in [9.17, 15) is 14.4 Å². The topological polar surface area (TPSA) is 88.1 Å². The monoisotopic (exact) mass is 274 g/mol. The standard InChI is InChI=1S/C12H18O7/c1-5-12(2,3)10(14)17-6-7-8(9(13)16-4)19-11(15)18-7/h7-8H,5-6H2,1-4H3. The van der Waals surface area contributed by atoms with E-state index in [-0.39, 0.29) is 6.61 Å². The fourth-order valence-electron chi connectivity index (χ4n) is 1.33. The Labute approximate surface area is 111 Å². The zero-order valence-electron chi connectivity index (χ0n) is 11.4. The van der Waals surface area contributed by atoms with Crippen LogP contribution in [0.5, 0.6) is 0 Å². The van der Waals surface area contributed by atoms with Gasteiger partial charge in [-0.1, -0.05) is 6.92 Å². The van der Waals surface area contributed by atoms with E-state index in [2.05, 4.69) is 9.47 Å². The van der Waals surface area contributed by atoms with E-state index in [1.54, 1.807) is 13.8 Å². The normalized spacial score (nSPS) is 22.4. The number of ether oxygens (including phenoxy) is 4. The zero-order valence-corrected chi connectivity index (χ0v) is 11.4. The van der Waals surface area contributed by atoms with Gasteiger partial charge in [-0.05, 0) is 20.3 Å². The van der Waals surface area contributed by atoms with Crippen molar-refractivity contribution in [3.8, 4) is 0 Å². The maximum absolute atomic E-state index is 11.8. The second-order valence-corrected chi connectivity index (χ2v) is 4.80. The summed E-state index contributed by atoms with van der Waals surface area (Å²) in [5, 5.41) is 0. The van der Waals surface area contributed by atoms with Crippen LogP contribution in [0.1, 0.15) is 27.2 Å². The van der Waals surface area contributed by atoms with Gasteiger partial charge in [-0.25, -0.2) is 9.59 Å². The van der Waals surface area contributed by atoms with Gasteiger partial charge in [0.1, 0.15) is 6.61 Å². The van der Waals surface area contributed by atoms with Crippen molar-refractivity contribution >= 4 is 18.1 Å². The van der Waals surface area contributed by atoms with Crippen LogP contribution < -0.4 is 0 Å². The van der Waals surface area contributed by atoms with Crippen molar-refractivity contribution in [3.05, 3.63) is 0 Å². The van der Waals surface area contributed by atoms with Gasteiger partial charge in [-0.15, -0.1) is 0 Å². The minimum absolute atomic E-state index is 0.242. The molecule has 1 fully saturated rings. The van der Waals surface area contributed by atoms with Gasteiger partial charge >= 0.3 is 18.1 Å². The van der Waals surface area contributed by atoms with E-state index in [0.29, 0.717) is 6.42 Å². The first-order chi connectivity index (χ1) is 8.81. The van der Waals surface area contributed by atoms with Crippen LogP contribution in [-0.2, 0) is 28.5 Å². The lowest BCUT2D eigenvalue weighted by atomic mass is 9.91. The van der Waals surface area contributed by atoms with Crippen LogP contribution in [-0.4, -0.2) is 44.0 Å². The van der Waals surface area contributed by atoms with Gasteiger partial charge in [0.05, 0.1) is 12.5 Å². The van der Waals surface area contributed by atoms with Crippen molar-refractivity contribution in [2.75, 3.05) is 13.7 Å². The highest BCUT2D eigenvalue weighted by atomic mass is 16.8. The lowest BCUT2D eigenvalue weighted by Crippen LogP contribution is -2.37. The molecule has 2 unspecified atom stereocenters. The van der Waals surface area contributed by atoms with Crippen LogP contribution in [0, 0.1) is 5.41 Å². The molecule has 1 rings (SSSR count). The highest BCUT2D eigenvalue weighted by Gasteiger charge is 2.44. The Morgan fingerprint density at radius 3 is 2.47 bits per heavy atom. The van der Waals surface area contributed by atoms with E-state index in [4.69, 9.17) is 9.47 Å². The van der Waals surface area contributed by atoms with Gasteiger partial charge in [-0.3, -0.25) is 4.79 Å². The highest BCUT2D eigenvalue weighted by Crippen LogP contribution is 2.23. The van der Waals surface area contributed by atoms with E-state index >= 15 is 0 Å². The van der Waals surface area contributed by atoms with Crippen molar-refractivity contribution in [1.82, 2.24) is 0 Å². The Morgan fingerprint density at radius 2 is 1.95 bits per heavy atom. The molecule has 1 aliphatic heterocycles. The molecule has 0 aromatic heterocycles. The first-order valence-corrected chi connectivity index (χ1v) is 5.94. The molecule has 0 N–H and O–H groups in total. The number of carbonyl (C=O) groups is 3. The summed E-state index contributed by atoms with van der Waals surface area (Å²) in [7, 11) is 1.16. The summed E-state index contributed by atoms with van der Waals surface area (Å²) in [5.74, 6) is -1.18. The molecule has 0 spiro atoms. The summed E-state index contributed by atoms with van der Waals surface area (Å²) in [6.45, 7) is 5.10. The van der Waals surface area contributed by atoms with Crippen LogP contribution in [0.25, 0.3) is 0 Å². The van der Waals surface area contributed by atoms with Crippen LogP contribution in [0.15, 0.2) is 0 Å². The lowest BCUT2D eigenvalue weighted by molar-refractivity contribution is -0.160. The lowest BCUT2D eigenvalue weighted by Gasteiger charge is -2.21. The zero-order chi connectivity index (χ0) is 14.6. The second kappa shape index (κ2) is 5.90. The van der Waals surface area contributed by atoms with E-state index in [1.807, 2.05) is 6.92 Å². The van der Waals surface area contributed by atoms with Gasteiger partial charge in [0.2, 0.25) is 6.10 Å². The summed E-state index contributed by atoms with van der Waals surface area (Å²) in [6, 6.07) is 0. The van der Waals surface area contributed by atoms with Gasteiger partial charge in [0, 0.05) is 0 Å². The highest BCUT2D eigenvalue weighted by molar-refractivity contribution is 5.81. The molecule has 0 amide bonds. The van der Waals surface area contributed by atoms with Gasteiger partial charge in [0.25, 0.3) is 0 Å². The quantitative estimate of drug-likeness (QED) is 0.546. The van der Waals surface area contributed by atoms with Crippen molar-refractivity contribution in [3.63, 3.8) is 0 Å². The summed E-state index contributed by atoms with van der Waals surface area (Å²) in [4.78, 5) is 34.1. The fourth-order valence-corrected chi connectivity index (χ4v) is 1.33. The van der Waals surface area contributed by atoms with E-state index in [0.717, 1.165) is 7.11 Å². The summed E-state index contributed by atoms with van der Waals surface area (Å²) in [5.41, 5.74) is -0.635. The van der Waals surface area contributed by atoms with Crippen LogP contribution >= 0.6 is 0 Å². The molecule has 1 heterocycles. The molecule has 0 bridgehead atoms. The number of cyclic esters (lactones) is 2. The number of esters is 2. The molecule has 1 saturated heterocycles. The fraction of sp³-hybridized carbons (Fsp3) is 0.750. The number of hydrogen-bond acceptors (Lipinski definition) is 7. The van der Waals surface area contributed by atoms with Gasteiger partial charge in [0.15, 0.2) is 6.10 Å². The third-order valence-electron chi connectivity index (χ3n) is 3.06.